The van der Waals surface area contributed by atoms with Crippen molar-refractivity contribution < 1.29 is 10.5 Å². The minimum Gasteiger partial charge on any atom is -0.357 e. The van der Waals surface area contributed by atoms with E-state index >= 15 is 0 Å². The molecule has 1 heterocycles. The fourth-order valence-corrected chi connectivity index (χ4v) is 1.51. The Bertz CT molecular complexity index is 136. The SMILES string of the molecule is [NH3+]CCC1CCCCC(=O)N1. The van der Waals surface area contributed by atoms with Gasteiger partial charge < -0.3 is 11.1 Å². The Kier molecular flexibility index (Phi) is 3.36. The Balaban J connectivity index is 2.33. The van der Waals surface area contributed by atoms with Crippen LogP contribution in [0.3, 0.4) is 0 Å². The molecule has 1 saturated heterocycles. The lowest BCUT2D eigenvalue weighted by molar-refractivity contribution is -0.369. The zero-order valence-corrected chi connectivity index (χ0v) is 6.94. The molecule has 0 radical (unpaired) electrons. The van der Waals surface area contributed by atoms with E-state index in [1.54, 1.807) is 0 Å². The van der Waals surface area contributed by atoms with Crippen LogP contribution < -0.4 is 11.1 Å². The first-order valence-electron chi connectivity index (χ1n) is 4.41. The van der Waals surface area contributed by atoms with E-state index in [9.17, 15) is 4.79 Å². The Morgan fingerprint density at radius 2 is 2.36 bits per heavy atom. The highest BCUT2D eigenvalue weighted by Gasteiger charge is 2.15. The molecule has 64 valence electrons. The van der Waals surface area contributed by atoms with E-state index in [1.807, 2.05) is 0 Å². The molecule has 1 aliphatic heterocycles. The zero-order chi connectivity index (χ0) is 8.10. The summed E-state index contributed by atoms with van der Waals surface area (Å²) in [5.74, 6) is 0.223. The fraction of sp³-hybridized carbons (Fsp3) is 0.875. The molecule has 0 bridgehead atoms. The quantitative estimate of drug-likeness (QED) is 0.567. The lowest BCUT2D eigenvalue weighted by atomic mass is 10.1. The average Bonchev–Trinajstić information content (AvgIpc) is 2.15. The van der Waals surface area contributed by atoms with Crippen molar-refractivity contribution >= 4 is 5.91 Å². The highest BCUT2D eigenvalue weighted by atomic mass is 16.1. The molecule has 0 aromatic carbocycles. The zero-order valence-electron chi connectivity index (χ0n) is 6.94. The van der Waals surface area contributed by atoms with E-state index in [2.05, 4.69) is 11.1 Å². The van der Waals surface area contributed by atoms with Crippen LogP contribution in [0.2, 0.25) is 0 Å². The summed E-state index contributed by atoms with van der Waals surface area (Å²) in [6.07, 6.45) is 5.13. The van der Waals surface area contributed by atoms with E-state index in [0.717, 1.165) is 25.8 Å². The fourth-order valence-electron chi connectivity index (χ4n) is 1.51. The number of amides is 1. The van der Waals surface area contributed by atoms with E-state index in [4.69, 9.17) is 0 Å². The number of rotatable bonds is 2. The lowest BCUT2D eigenvalue weighted by Gasteiger charge is -2.12. The topological polar surface area (TPSA) is 56.7 Å². The molecule has 0 aromatic heterocycles. The first-order valence-corrected chi connectivity index (χ1v) is 4.41. The van der Waals surface area contributed by atoms with Gasteiger partial charge in [0.15, 0.2) is 0 Å². The lowest BCUT2D eigenvalue weighted by Crippen LogP contribution is -2.52. The van der Waals surface area contributed by atoms with Crippen LogP contribution >= 0.6 is 0 Å². The first kappa shape index (κ1) is 8.53. The van der Waals surface area contributed by atoms with E-state index in [-0.39, 0.29) is 5.91 Å². The molecule has 0 spiro atoms. The highest BCUT2D eigenvalue weighted by Crippen LogP contribution is 2.10. The van der Waals surface area contributed by atoms with Crippen LogP contribution in [-0.4, -0.2) is 18.5 Å². The normalized spacial score (nSPS) is 25.9. The van der Waals surface area contributed by atoms with Gasteiger partial charge in [-0.15, -0.1) is 0 Å². The number of hydrogen-bond donors (Lipinski definition) is 2. The van der Waals surface area contributed by atoms with E-state index in [1.165, 1.54) is 6.42 Å². The van der Waals surface area contributed by atoms with Crippen molar-refractivity contribution in [2.24, 2.45) is 0 Å². The third-order valence-corrected chi connectivity index (χ3v) is 2.12. The number of carbonyl (C=O) groups is 1. The van der Waals surface area contributed by atoms with E-state index in [0.29, 0.717) is 12.5 Å². The third-order valence-electron chi connectivity index (χ3n) is 2.12. The second-order valence-electron chi connectivity index (χ2n) is 3.15. The van der Waals surface area contributed by atoms with Crippen molar-refractivity contribution in [3.63, 3.8) is 0 Å². The predicted octanol–water partition coefficient (Wildman–Crippen LogP) is -0.323. The summed E-state index contributed by atoms with van der Waals surface area (Å²) in [5, 5.41) is 3.00. The standard InChI is InChI=1S/C8H16N2O/c9-6-5-7-3-1-2-4-8(11)10-7/h7H,1-6,9H2,(H,10,11)/p+1. The summed E-state index contributed by atoms with van der Waals surface area (Å²) >= 11 is 0. The van der Waals surface area contributed by atoms with Crippen molar-refractivity contribution in [3.05, 3.63) is 0 Å². The smallest absolute Gasteiger partial charge is 0.220 e. The van der Waals surface area contributed by atoms with Crippen molar-refractivity contribution in [1.82, 2.24) is 5.32 Å². The molecule has 1 aliphatic rings. The highest BCUT2D eigenvalue weighted by molar-refractivity contribution is 5.76. The largest absolute Gasteiger partial charge is 0.357 e. The summed E-state index contributed by atoms with van der Waals surface area (Å²) in [6, 6.07) is 0.405. The molecule has 3 heteroatoms. The summed E-state index contributed by atoms with van der Waals surface area (Å²) in [7, 11) is 0. The number of hydrogen-bond acceptors (Lipinski definition) is 1. The van der Waals surface area contributed by atoms with Crippen LogP contribution in [0.15, 0.2) is 0 Å². The number of carbonyl (C=O) groups excluding carboxylic acids is 1. The van der Waals surface area contributed by atoms with Crippen LogP contribution in [0.25, 0.3) is 0 Å². The second kappa shape index (κ2) is 4.34. The van der Waals surface area contributed by atoms with Gasteiger partial charge in [0.05, 0.1) is 6.54 Å². The van der Waals surface area contributed by atoms with Crippen molar-refractivity contribution in [1.29, 1.82) is 0 Å². The average molecular weight is 157 g/mol. The summed E-state index contributed by atoms with van der Waals surface area (Å²) in [5.41, 5.74) is 3.78. The first-order chi connectivity index (χ1) is 5.33. The van der Waals surface area contributed by atoms with Gasteiger partial charge in [0.1, 0.15) is 0 Å². The van der Waals surface area contributed by atoms with Gasteiger partial charge in [-0.3, -0.25) is 4.79 Å². The number of nitrogens with one attached hydrogen (secondary N) is 1. The van der Waals surface area contributed by atoms with Crippen LogP contribution in [0.1, 0.15) is 32.1 Å². The van der Waals surface area contributed by atoms with Crippen LogP contribution in [0.5, 0.6) is 0 Å². The third kappa shape index (κ3) is 2.89. The minimum absolute atomic E-state index is 0.223. The van der Waals surface area contributed by atoms with Gasteiger partial charge in [-0.05, 0) is 12.8 Å². The molecule has 1 atom stereocenters. The van der Waals surface area contributed by atoms with Crippen LogP contribution in [0, 0.1) is 0 Å². The van der Waals surface area contributed by atoms with E-state index < -0.39 is 0 Å². The summed E-state index contributed by atoms with van der Waals surface area (Å²) < 4.78 is 0. The molecule has 1 fully saturated rings. The van der Waals surface area contributed by atoms with Crippen molar-refractivity contribution in [2.45, 2.75) is 38.1 Å². The molecule has 4 N–H and O–H groups in total. The van der Waals surface area contributed by atoms with Gasteiger partial charge in [0, 0.05) is 18.9 Å². The Labute approximate surface area is 67.3 Å². The van der Waals surface area contributed by atoms with Gasteiger partial charge >= 0.3 is 0 Å². The van der Waals surface area contributed by atoms with Gasteiger partial charge in [0.2, 0.25) is 5.91 Å². The maximum atomic E-state index is 11.0. The molecule has 3 nitrogen and oxygen atoms in total. The molecule has 1 amide bonds. The molecular formula is C8H17N2O+. The van der Waals surface area contributed by atoms with Crippen molar-refractivity contribution in [2.75, 3.05) is 6.54 Å². The Morgan fingerprint density at radius 1 is 1.55 bits per heavy atom. The maximum Gasteiger partial charge on any atom is 0.220 e. The Morgan fingerprint density at radius 3 is 3.09 bits per heavy atom. The Hall–Kier alpha value is -0.570. The van der Waals surface area contributed by atoms with Gasteiger partial charge in [-0.2, -0.15) is 0 Å². The van der Waals surface area contributed by atoms with Crippen molar-refractivity contribution in [3.8, 4) is 0 Å². The molecular weight excluding hydrogens is 140 g/mol. The predicted molar refractivity (Wildman–Crippen MR) is 42.8 cm³/mol. The second-order valence-corrected chi connectivity index (χ2v) is 3.15. The minimum atomic E-state index is 0.223. The van der Waals surface area contributed by atoms with Gasteiger partial charge in [-0.1, -0.05) is 6.42 Å². The monoisotopic (exact) mass is 157 g/mol. The summed E-state index contributed by atoms with van der Waals surface area (Å²) in [4.78, 5) is 11.0. The van der Waals surface area contributed by atoms with Gasteiger partial charge in [-0.25, -0.2) is 0 Å². The van der Waals surface area contributed by atoms with Gasteiger partial charge in [0.25, 0.3) is 0 Å². The molecule has 0 aromatic rings. The molecule has 11 heavy (non-hydrogen) atoms. The van der Waals surface area contributed by atoms with Crippen LogP contribution in [0.4, 0.5) is 0 Å². The molecule has 0 aliphatic carbocycles. The maximum absolute atomic E-state index is 11.0. The molecule has 1 unspecified atom stereocenters. The van der Waals surface area contributed by atoms with Crippen LogP contribution in [-0.2, 0) is 4.79 Å². The summed E-state index contributed by atoms with van der Waals surface area (Å²) in [6.45, 7) is 0.922. The number of quaternary nitrogens is 1. The molecule has 1 rings (SSSR count). The molecule has 0 saturated carbocycles.